The van der Waals surface area contributed by atoms with Crippen molar-refractivity contribution in [1.29, 1.82) is 0 Å². The Morgan fingerprint density at radius 1 is 0.583 bits per heavy atom. The van der Waals surface area contributed by atoms with Crippen molar-refractivity contribution >= 4 is 11.4 Å². The van der Waals surface area contributed by atoms with Crippen LogP contribution in [0.1, 0.15) is 72.1 Å². The Labute approximate surface area is 217 Å². The zero-order chi connectivity index (χ0) is 25.9. The van der Waals surface area contributed by atoms with Gasteiger partial charge >= 0.3 is 0 Å². The Morgan fingerprint density at radius 2 is 1.17 bits per heavy atom. The summed E-state index contributed by atoms with van der Waals surface area (Å²) in [6.45, 7) is 18.8. The highest BCUT2D eigenvalue weighted by molar-refractivity contribution is 5.87. The van der Waals surface area contributed by atoms with Crippen LogP contribution >= 0.6 is 0 Å². The highest BCUT2D eigenvalue weighted by Gasteiger charge is 2.42. The molecule has 0 radical (unpaired) electrons. The average molecular weight is 474 g/mol. The van der Waals surface area contributed by atoms with E-state index < -0.39 is 0 Å². The van der Waals surface area contributed by atoms with E-state index in [1.165, 1.54) is 50.3 Å². The van der Waals surface area contributed by atoms with E-state index in [-0.39, 0.29) is 16.4 Å². The molecule has 1 nitrogen and oxygen atoms in total. The molecule has 184 valence electrons. The lowest BCUT2D eigenvalue weighted by molar-refractivity contribution is 0.531. The minimum Gasteiger partial charge on any atom is -0.336 e. The summed E-state index contributed by atoms with van der Waals surface area (Å²) in [6, 6.07) is 33.4. The van der Waals surface area contributed by atoms with Crippen LogP contribution in [0.15, 0.2) is 91.0 Å². The molecule has 1 heteroatoms. The Balaban J connectivity index is 1.73. The molecule has 1 aliphatic rings. The van der Waals surface area contributed by atoms with E-state index in [0.717, 1.165) is 0 Å². The normalized spacial score (nSPS) is 14.3. The summed E-state index contributed by atoms with van der Waals surface area (Å²) in [4.78, 5) is 2.54. The molecule has 0 unspecified atom stereocenters. The summed E-state index contributed by atoms with van der Waals surface area (Å²) in [6.07, 6.45) is 0. The molecule has 0 spiro atoms. The maximum absolute atomic E-state index is 2.54. The van der Waals surface area contributed by atoms with Crippen molar-refractivity contribution in [2.45, 2.75) is 71.8 Å². The highest BCUT2D eigenvalue weighted by atomic mass is 15.2. The van der Waals surface area contributed by atoms with Crippen molar-refractivity contribution in [2.75, 3.05) is 4.90 Å². The summed E-state index contributed by atoms with van der Waals surface area (Å²) >= 11 is 0. The van der Waals surface area contributed by atoms with Gasteiger partial charge < -0.3 is 4.90 Å². The second kappa shape index (κ2) is 8.37. The molecule has 0 atom stereocenters. The second-order valence-electron chi connectivity index (χ2n) is 12.7. The number of hydrogen-bond donors (Lipinski definition) is 0. The topological polar surface area (TPSA) is 3.24 Å². The molecule has 1 aliphatic carbocycles. The number of benzene rings is 4. The van der Waals surface area contributed by atoms with Gasteiger partial charge in [0, 0.05) is 22.3 Å². The van der Waals surface area contributed by atoms with Crippen LogP contribution in [0.4, 0.5) is 11.4 Å². The molecule has 0 aliphatic heterocycles. The van der Waals surface area contributed by atoms with Crippen LogP contribution in [-0.2, 0) is 10.8 Å². The third-order valence-corrected chi connectivity index (χ3v) is 7.59. The van der Waals surface area contributed by atoms with Gasteiger partial charge in [-0.05, 0) is 83.3 Å². The summed E-state index contributed by atoms with van der Waals surface area (Å²) in [5.41, 5.74) is 12.0. The van der Waals surface area contributed by atoms with Crippen LogP contribution in [-0.4, -0.2) is 5.54 Å². The van der Waals surface area contributed by atoms with E-state index in [1.54, 1.807) is 0 Å². The fourth-order valence-electron chi connectivity index (χ4n) is 6.13. The molecule has 0 aromatic heterocycles. The predicted molar refractivity (Wildman–Crippen MR) is 156 cm³/mol. The maximum Gasteiger partial charge on any atom is 0.0457 e. The number of nitrogens with zero attached hydrogens (tertiary/aromatic N) is 1. The van der Waals surface area contributed by atoms with Gasteiger partial charge in [0.1, 0.15) is 0 Å². The Morgan fingerprint density at radius 3 is 1.78 bits per heavy atom. The van der Waals surface area contributed by atoms with Gasteiger partial charge in [0.15, 0.2) is 0 Å². The van der Waals surface area contributed by atoms with E-state index in [9.17, 15) is 0 Å². The standard InChI is InChI=1S/C35H39N/c1-33(2,3)32-30(23-22-28-27-16-12-13-17-29(27)35(7,8)31(28)32)36(34(4,5)6)26-20-18-25(19-21-26)24-14-10-9-11-15-24/h9-23H,1-8H3. The number of rotatable bonds is 3. The smallest absolute Gasteiger partial charge is 0.0457 e. The minimum absolute atomic E-state index is 0.0204. The molecule has 0 amide bonds. The van der Waals surface area contributed by atoms with Gasteiger partial charge in [-0.2, -0.15) is 0 Å². The molecule has 0 N–H and O–H groups in total. The summed E-state index contributed by atoms with van der Waals surface area (Å²) in [5.74, 6) is 0. The summed E-state index contributed by atoms with van der Waals surface area (Å²) < 4.78 is 0. The van der Waals surface area contributed by atoms with Crippen molar-refractivity contribution in [3.8, 4) is 22.3 Å². The predicted octanol–water partition coefficient (Wildman–Crippen LogP) is 9.89. The highest BCUT2D eigenvalue weighted by Crippen LogP contribution is 2.55. The second-order valence-corrected chi connectivity index (χ2v) is 12.7. The number of hydrogen-bond acceptors (Lipinski definition) is 1. The van der Waals surface area contributed by atoms with Crippen molar-refractivity contribution < 1.29 is 0 Å². The lowest BCUT2D eigenvalue weighted by Crippen LogP contribution is -2.39. The molecule has 0 saturated heterocycles. The van der Waals surface area contributed by atoms with Crippen molar-refractivity contribution in [3.63, 3.8) is 0 Å². The Kier molecular flexibility index (Phi) is 5.67. The molecule has 0 fully saturated rings. The zero-order valence-electron chi connectivity index (χ0n) is 23.1. The quantitative estimate of drug-likeness (QED) is 0.286. The largest absolute Gasteiger partial charge is 0.336 e. The van der Waals surface area contributed by atoms with Crippen LogP contribution in [0.5, 0.6) is 0 Å². The zero-order valence-corrected chi connectivity index (χ0v) is 23.1. The number of anilines is 2. The van der Waals surface area contributed by atoms with Crippen LogP contribution < -0.4 is 4.90 Å². The van der Waals surface area contributed by atoms with Gasteiger partial charge in [-0.3, -0.25) is 0 Å². The van der Waals surface area contributed by atoms with Gasteiger partial charge in [0.25, 0.3) is 0 Å². The minimum atomic E-state index is -0.0991. The van der Waals surface area contributed by atoms with Crippen molar-refractivity contribution in [2.24, 2.45) is 0 Å². The van der Waals surface area contributed by atoms with E-state index >= 15 is 0 Å². The molecule has 0 heterocycles. The van der Waals surface area contributed by atoms with Crippen LogP contribution in [0.25, 0.3) is 22.3 Å². The van der Waals surface area contributed by atoms with E-state index in [4.69, 9.17) is 0 Å². The number of fused-ring (bicyclic) bond motifs is 3. The van der Waals surface area contributed by atoms with E-state index in [1.807, 2.05) is 0 Å². The first kappa shape index (κ1) is 24.4. The molecular formula is C35H39N. The third-order valence-electron chi connectivity index (χ3n) is 7.59. The van der Waals surface area contributed by atoms with Crippen molar-refractivity contribution in [3.05, 3.63) is 108 Å². The average Bonchev–Trinajstić information content (AvgIpc) is 3.06. The molecule has 36 heavy (non-hydrogen) atoms. The lowest BCUT2D eigenvalue weighted by atomic mass is 9.72. The molecular weight excluding hydrogens is 434 g/mol. The lowest BCUT2D eigenvalue weighted by Gasteiger charge is -2.43. The van der Waals surface area contributed by atoms with Gasteiger partial charge in [-0.1, -0.05) is 107 Å². The van der Waals surface area contributed by atoms with Crippen molar-refractivity contribution in [1.82, 2.24) is 0 Å². The molecule has 4 aromatic rings. The fraction of sp³-hybridized carbons (Fsp3) is 0.314. The molecule has 0 bridgehead atoms. The molecule has 0 saturated carbocycles. The first-order valence-corrected chi connectivity index (χ1v) is 13.1. The maximum atomic E-state index is 2.54. The van der Waals surface area contributed by atoms with Crippen LogP contribution in [0.2, 0.25) is 0 Å². The Hall–Kier alpha value is -3.32. The fourth-order valence-corrected chi connectivity index (χ4v) is 6.13. The van der Waals surface area contributed by atoms with E-state index in [0.29, 0.717) is 0 Å². The van der Waals surface area contributed by atoms with Gasteiger partial charge in [0.05, 0.1) is 0 Å². The van der Waals surface area contributed by atoms with Crippen LogP contribution in [0, 0.1) is 0 Å². The van der Waals surface area contributed by atoms with Crippen LogP contribution in [0.3, 0.4) is 0 Å². The van der Waals surface area contributed by atoms with Gasteiger partial charge in [-0.25, -0.2) is 0 Å². The summed E-state index contributed by atoms with van der Waals surface area (Å²) in [7, 11) is 0. The molecule has 4 aromatic carbocycles. The summed E-state index contributed by atoms with van der Waals surface area (Å²) in [5, 5.41) is 0. The van der Waals surface area contributed by atoms with E-state index in [2.05, 4.69) is 151 Å². The monoisotopic (exact) mass is 473 g/mol. The SMILES string of the molecule is CC(C)(C)c1c(N(c2ccc(-c3ccccc3)cc2)C(C)(C)C)ccc2c1C(C)(C)c1ccccc1-2. The first-order valence-electron chi connectivity index (χ1n) is 13.1. The Bertz CT molecular complexity index is 1390. The first-order chi connectivity index (χ1) is 16.9. The molecule has 5 rings (SSSR count). The van der Waals surface area contributed by atoms with Gasteiger partial charge in [0.2, 0.25) is 0 Å². The van der Waals surface area contributed by atoms with Gasteiger partial charge in [-0.15, -0.1) is 0 Å². The third kappa shape index (κ3) is 3.95.